The van der Waals surface area contributed by atoms with Crippen LogP contribution in [0.25, 0.3) is 0 Å². The van der Waals surface area contributed by atoms with Gasteiger partial charge in [-0.25, -0.2) is 0 Å². The number of halogens is 1. The number of rotatable bonds is 3. The third-order valence-electron chi connectivity index (χ3n) is 3.08. The van der Waals surface area contributed by atoms with E-state index in [1.54, 1.807) is 0 Å². The maximum Gasteiger partial charge on any atom is 0.0963 e. The Labute approximate surface area is 73.9 Å². The number of likely N-dealkylation sites (tertiary alicyclic amines) is 1. The molecule has 1 rings (SSSR count). The Bertz CT molecular complexity index is 124. The van der Waals surface area contributed by atoms with Gasteiger partial charge >= 0.3 is 0 Å². The summed E-state index contributed by atoms with van der Waals surface area (Å²) in [5, 5.41) is 0. The number of nitrogens with zero attached hydrogens (tertiary/aromatic N) is 1. The Morgan fingerprint density at radius 2 is 2.00 bits per heavy atom. The Morgan fingerprint density at radius 3 is 2.33 bits per heavy atom. The second-order valence-electron chi connectivity index (χ2n) is 3.77. The van der Waals surface area contributed by atoms with Gasteiger partial charge in [0.15, 0.2) is 0 Å². The molecule has 12 heavy (non-hydrogen) atoms. The van der Waals surface area contributed by atoms with E-state index in [9.17, 15) is 4.39 Å². The molecule has 0 aromatic carbocycles. The van der Waals surface area contributed by atoms with Crippen molar-refractivity contribution in [3.8, 4) is 0 Å². The van der Waals surface area contributed by atoms with Gasteiger partial charge in [0.2, 0.25) is 0 Å². The third-order valence-corrected chi connectivity index (χ3v) is 3.08. The second-order valence-corrected chi connectivity index (χ2v) is 3.77. The van der Waals surface area contributed by atoms with Gasteiger partial charge in [0.25, 0.3) is 0 Å². The van der Waals surface area contributed by atoms with Crippen molar-refractivity contribution in [2.75, 3.05) is 32.9 Å². The molecule has 0 amide bonds. The molecule has 1 aliphatic heterocycles. The normalized spacial score (nSPS) is 24.2. The molecular formula is C9H19FN2. The topological polar surface area (TPSA) is 29.3 Å². The standard InChI is InChI=1S/C9H19FN2/c1-2-12-5-3-9(7-10,8-11)4-6-12/h2-8,11H2,1H3. The molecule has 72 valence electrons. The maximum absolute atomic E-state index is 12.7. The number of alkyl halides is 1. The van der Waals surface area contributed by atoms with Crippen LogP contribution in [0, 0.1) is 5.41 Å². The van der Waals surface area contributed by atoms with Crippen molar-refractivity contribution < 1.29 is 4.39 Å². The lowest BCUT2D eigenvalue weighted by molar-refractivity contribution is 0.0878. The molecule has 1 fully saturated rings. The molecule has 0 aliphatic carbocycles. The van der Waals surface area contributed by atoms with Crippen LogP contribution in [-0.4, -0.2) is 37.8 Å². The zero-order valence-electron chi connectivity index (χ0n) is 7.85. The van der Waals surface area contributed by atoms with E-state index in [2.05, 4.69) is 11.8 Å². The van der Waals surface area contributed by atoms with Gasteiger partial charge in [-0.1, -0.05) is 6.92 Å². The first-order valence-electron chi connectivity index (χ1n) is 4.75. The molecule has 0 atom stereocenters. The predicted molar refractivity (Wildman–Crippen MR) is 48.8 cm³/mol. The van der Waals surface area contributed by atoms with Crippen LogP contribution in [0.2, 0.25) is 0 Å². The van der Waals surface area contributed by atoms with Crippen LogP contribution < -0.4 is 5.73 Å². The van der Waals surface area contributed by atoms with Crippen molar-refractivity contribution in [2.45, 2.75) is 19.8 Å². The molecular weight excluding hydrogens is 155 g/mol. The van der Waals surface area contributed by atoms with Gasteiger partial charge < -0.3 is 10.6 Å². The average Bonchev–Trinajstić information content (AvgIpc) is 2.18. The molecule has 0 aromatic heterocycles. The lowest BCUT2D eigenvalue weighted by Gasteiger charge is -2.38. The largest absolute Gasteiger partial charge is 0.330 e. The van der Waals surface area contributed by atoms with E-state index >= 15 is 0 Å². The predicted octanol–water partition coefficient (Wildman–Crippen LogP) is 1.02. The van der Waals surface area contributed by atoms with Gasteiger partial charge in [0.1, 0.15) is 0 Å². The van der Waals surface area contributed by atoms with Crippen LogP contribution in [0.4, 0.5) is 4.39 Å². The minimum absolute atomic E-state index is 0.189. The van der Waals surface area contributed by atoms with E-state index < -0.39 is 0 Å². The molecule has 0 saturated carbocycles. The van der Waals surface area contributed by atoms with Crippen LogP contribution in [-0.2, 0) is 0 Å². The van der Waals surface area contributed by atoms with E-state index in [0.29, 0.717) is 6.54 Å². The first kappa shape index (κ1) is 9.93. The van der Waals surface area contributed by atoms with Crippen molar-refractivity contribution >= 4 is 0 Å². The molecule has 2 nitrogen and oxygen atoms in total. The zero-order valence-corrected chi connectivity index (χ0v) is 7.85. The Kier molecular flexibility index (Phi) is 3.47. The summed E-state index contributed by atoms with van der Waals surface area (Å²) in [4.78, 5) is 2.35. The molecule has 0 bridgehead atoms. The number of hydrogen-bond donors (Lipinski definition) is 1. The molecule has 3 heteroatoms. The fourth-order valence-corrected chi connectivity index (χ4v) is 1.74. The van der Waals surface area contributed by atoms with Crippen molar-refractivity contribution in [3.05, 3.63) is 0 Å². The third kappa shape index (κ3) is 1.96. The first-order chi connectivity index (χ1) is 5.76. The monoisotopic (exact) mass is 174 g/mol. The fourth-order valence-electron chi connectivity index (χ4n) is 1.74. The van der Waals surface area contributed by atoms with E-state index in [1.165, 1.54) is 0 Å². The summed E-state index contributed by atoms with van der Waals surface area (Å²) in [6.07, 6.45) is 1.85. The summed E-state index contributed by atoms with van der Waals surface area (Å²) >= 11 is 0. The van der Waals surface area contributed by atoms with Crippen LogP contribution in [0.1, 0.15) is 19.8 Å². The molecule has 0 spiro atoms. The Hall–Kier alpha value is -0.150. The molecule has 0 radical (unpaired) electrons. The van der Waals surface area contributed by atoms with Crippen molar-refractivity contribution in [2.24, 2.45) is 11.1 Å². The quantitative estimate of drug-likeness (QED) is 0.692. The molecule has 2 N–H and O–H groups in total. The highest BCUT2D eigenvalue weighted by molar-refractivity contribution is 4.86. The van der Waals surface area contributed by atoms with Gasteiger partial charge in [0.05, 0.1) is 6.67 Å². The minimum Gasteiger partial charge on any atom is -0.330 e. The van der Waals surface area contributed by atoms with Gasteiger partial charge in [-0.3, -0.25) is 4.39 Å². The molecule has 0 unspecified atom stereocenters. The summed E-state index contributed by atoms with van der Waals surface area (Å²) in [5.74, 6) is 0. The van der Waals surface area contributed by atoms with Crippen molar-refractivity contribution in [1.29, 1.82) is 0 Å². The zero-order chi connectivity index (χ0) is 9.03. The van der Waals surface area contributed by atoms with E-state index in [4.69, 9.17) is 5.73 Å². The van der Waals surface area contributed by atoms with Crippen LogP contribution in [0.3, 0.4) is 0 Å². The van der Waals surface area contributed by atoms with E-state index in [-0.39, 0.29) is 12.1 Å². The minimum atomic E-state index is -0.249. The summed E-state index contributed by atoms with van der Waals surface area (Å²) in [6, 6.07) is 0. The summed E-state index contributed by atoms with van der Waals surface area (Å²) in [6.45, 7) is 5.50. The van der Waals surface area contributed by atoms with Crippen LogP contribution in [0.5, 0.6) is 0 Å². The van der Waals surface area contributed by atoms with Gasteiger partial charge in [-0.05, 0) is 32.5 Å². The van der Waals surface area contributed by atoms with Crippen molar-refractivity contribution in [1.82, 2.24) is 4.90 Å². The lowest BCUT2D eigenvalue weighted by atomic mass is 9.80. The van der Waals surface area contributed by atoms with Gasteiger partial charge in [-0.15, -0.1) is 0 Å². The smallest absolute Gasteiger partial charge is 0.0963 e. The SMILES string of the molecule is CCN1CCC(CN)(CF)CC1. The number of piperidine rings is 1. The Balaban J connectivity index is 2.42. The Morgan fingerprint density at radius 1 is 1.42 bits per heavy atom. The van der Waals surface area contributed by atoms with Crippen LogP contribution in [0.15, 0.2) is 0 Å². The first-order valence-corrected chi connectivity index (χ1v) is 4.75. The number of hydrogen-bond acceptors (Lipinski definition) is 2. The fraction of sp³-hybridized carbons (Fsp3) is 1.00. The van der Waals surface area contributed by atoms with Crippen LogP contribution >= 0.6 is 0 Å². The van der Waals surface area contributed by atoms with E-state index in [0.717, 1.165) is 32.5 Å². The van der Waals surface area contributed by atoms with Gasteiger partial charge in [-0.2, -0.15) is 0 Å². The highest BCUT2D eigenvalue weighted by Gasteiger charge is 2.32. The molecule has 1 aliphatic rings. The van der Waals surface area contributed by atoms with Gasteiger partial charge in [0, 0.05) is 12.0 Å². The molecule has 1 heterocycles. The lowest BCUT2D eigenvalue weighted by Crippen LogP contribution is -2.45. The average molecular weight is 174 g/mol. The highest BCUT2D eigenvalue weighted by atomic mass is 19.1. The van der Waals surface area contributed by atoms with Crippen molar-refractivity contribution in [3.63, 3.8) is 0 Å². The van der Waals surface area contributed by atoms with E-state index in [1.807, 2.05) is 0 Å². The summed E-state index contributed by atoms with van der Waals surface area (Å²) < 4.78 is 12.7. The highest BCUT2D eigenvalue weighted by Crippen LogP contribution is 2.30. The second kappa shape index (κ2) is 4.19. The summed E-state index contributed by atoms with van der Waals surface area (Å²) in [7, 11) is 0. The molecule has 1 saturated heterocycles. The number of nitrogens with two attached hydrogens (primary N) is 1. The molecule has 0 aromatic rings. The summed E-state index contributed by atoms with van der Waals surface area (Å²) in [5.41, 5.74) is 5.39. The maximum atomic E-state index is 12.7.